The lowest BCUT2D eigenvalue weighted by molar-refractivity contribution is -0.117. The molecule has 2 heterocycles. The number of allylic oxidation sites excluding steroid dienone is 2. The Morgan fingerprint density at radius 3 is 2.65 bits per heavy atom. The highest BCUT2D eigenvalue weighted by Crippen LogP contribution is 2.20. The van der Waals surface area contributed by atoms with E-state index in [1.165, 1.54) is 0 Å². The molecule has 0 bridgehead atoms. The third kappa shape index (κ3) is 5.63. The summed E-state index contributed by atoms with van der Waals surface area (Å²) in [6, 6.07) is 12.7. The second-order valence-corrected chi connectivity index (χ2v) is 8.22. The molecule has 2 N–H and O–H groups in total. The molecule has 1 aliphatic rings. The molecule has 2 aromatic heterocycles. The molecule has 2 unspecified atom stereocenters. The molecule has 0 saturated carbocycles. The number of pyridine rings is 1. The molecule has 172 valence electrons. The zero-order chi connectivity index (χ0) is 23.9. The lowest BCUT2D eigenvalue weighted by atomic mass is 9.96. The first-order valence-electron chi connectivity index (χ1n) is 11.2. The van der Waals surface area contributed by atoms with Gasteiger partial charge in [0.25, 0.3) is 0 Å². The molecule has 8 nitrogen and oxygen atoms in total. The fourth-order valence-electron chi connectivity index (χ4n) is 3.72. The number of anilines is 1. The van der Waals surface area contributed by atoms with E-state index in [0.717, 1.165) is 24.0 Å². The Hall–Kier alpha value is -4.09. The lowest BCUT2D eigenvalue weighted by Gasteiger charge is -2.23. The van der Waals surface area contributed by atoms with E-state index in [9.17, 15) is 4.79 Å². The van der Waals surface area contributed by atoms with Crippen LogP contribution in [0.3, 0.4) is 0 Å². The van der Waals surface area contributed by atoms with Gasteiger partial charge in [-0.25, -0.2) is 4.98 Å². The first-order valence-corrected chi connectivity index (χ1v) is 11.2. The van der Waals surface area contributed by atoms with Gasteiger partial charge in [-0.3, -0.25) is 4.79 Å². The molecule has 0 fully saturated rings. The van der Waals surface area contributed by atoms with E-state index < -0.39 is 6.04 Å². The van der Waals surface area contributed by atoms with E-state index in [4.69, 9.17) is 9.78 Å². The molecule has 1 aromatic carbocycles. The number of benzene rings is 1. The summed E-state index contributed by atoms with van der Waals surface area (Å²) in [7, 11) is 0. The topological polar surface area (TPSA) is 117 Å². The maximum Gasteiger partial charge on any atom is 0.247 e. The zero-order valence-corrected chi connectivity index (χ0v) is 19.2. The number of hydrogen-bond acceptors (Lipinski definition) is 7. The average molecular weight is 455 g/mol. The van der Waals surface area contributed by atoms with Crippen LogP contribution in [0.4, 0.5) is 5.82 Å². The smallest absolute Gasteiger partial charge is 0.247 e. The van der Waals surface area contributed by atoms with Crippen LogP contribution in [0.5, 0.6) is 0 Å². The molecule has 0 saturated heterocycles. The van der Waals surface area contributed by atoms with Crippen molar-refractivity contribution in [2.45, 2.75) is 38.6 Å². The van der Waals surface area contributed by atoms with Crippen molar-refractivity contribution in [3.05, 3.63) is 83.4 Å². The fraction of sp³-hybridized carbons (Fsp3) is 0.269. The third-order valence-electron chi connectivity index (χ3n) is 5.66. The van der Waals surface area contributed by atoms with Crippen LogP contribution in [0.2, 0.25) is 0 Å². The van der Waals surface area contributed by atoms with Gasteiger partial charge in [-0.2, -0.15) is 10.2 Å². The number of aromatic nitrogens is 3. The quantitative estimate of drug-likeness (QED) is 0.521. The van der Waals surface area contributed by atoms with Gasteiger partial charge < -0.3 is 15.2 Å². The molecule has 0 spiro atoms. The van der Waals surface area contributed by atoms with Crippen LogP contribution in [0.15, 0.2) is 70.9 Å². The van der Waals surface area contributed by atoms with Gasteiger partial charge in [0.05, 0.1) is 11.6 Å². The summed E-state index contributed by atoms with van der Waals surface area (Å²) in [5.74, 6) is 1.36. The second kappa shape index (κ2) is 10.7. The molecular formula is C26H26N6O2. The normalized spacial score (nSPS) is 14.7. The SMILES string of the molecule is Cc1nc(-c2ccc(NC(=O)C(NCC(C)c3ccc(C#N)cc3)C3=CCCC=C3)nc2)no1. The Balaban J connectivity index is 1.44. The number of nitrogens with one attached hydrogen (secondary N) is 2. The number of nitriles is 1. The predicted octanol–water partition coefficient (Wildman–Crippen LogP) is 4.29. The van der Waals surface area contributed by atoms with Crippen molar-refractivity contribution in [2.75, 3.05) is 11.9 Å². The first-order chi connectivity index (χ1) is 16.5. The van der Waals surface area contributed by atoms with Crippen molar-refractivity contribution in [1.29, 1.82) is 5.26 Å². The lowest BCUT2D eigenvalue weighted by Crippen LogP contribution is -2.43. The van der Waals surface area contributed by atoms with Crippen LogP contribution in [-0.2, 0) is 4.79 Å². The molecule has 1 aliphatic carbocycles. The number of aryl methyl sites for hydroxylation is 1. The van der Waals surface area contributed by atoms with Crippen molar-refractivity contribution in [3.8, 4) is 17.5 Å². The van der Waals surface area contributed by atoms with E-state index in [1.807, 2.05) is 30.3 Å². The minimum Gasteiger partial charge on any atom is -0.339 e. The molecule has 0 aliphatic heterocycles. The summed E-state index contributed by atoms with van der Waals surface area (Å²) in [5.41, 5.74) is 3.38. The third-order valence-corrected chi connectivity index (χ3v) is 5.66. The minimum atomic E-state index is -0.515. The molecule has 8 heteroatoms. The molecule has 0 radical (unpaired) electrons. The van der Waals surface area contributed by atoms with Crippen molar-refractivity contribution in [1.82, 2.24) is 20.4 Å². The molecular weight excluding hydrogens is 428 g/mol. The van der Waals surface area contributed by atoms with Gasteiger partial charge in [-0.05, 0) is 54.2 Å². The van der Waals surface area contributed by atoms with Crippen LogP contribution in [0, 0.1) is 18.3 Å². The number of hydrogen-bond donors (Lipinski definition) is 2. The minimum absolute atomic E-state index is 0.159. The molecule has 4 rings (SSSR count). The van der Waals surface area contributed by atoms with Gasteiger partial charge in [0.15, 0.2) is 0 Å². The summed E-state index contributed by atoms with van der Waals surface area (Å²) in [6.45, 7) is 4.41. The van der Waals surface area contributed by atoms with Crippen LogP contribution < -0.4 is 10.6 Å². The second-order valence-electron chi connectivity index (χ2n) is 8.22. The van der Waals surface area contributed by atoms with Crippen molar-refractivity contribution in [2.24, 2.45) is 0 Å². The highest BCUT2D eigenvalue weighted by molar-refractivity contribution is 5.96. The maximum atomic E-state index is 13.2. The number of carbonyl (C=O) groups excluding carboxylic acids is 1. The number of carbonyl (C=O) groups is 1. The van der Waals surface area contributed by atoms with E-state index in [1.54, 1.807) is 25.3 Å². The number of nitrogens with zero attached hydrogens (tertiary/aromatic N) is 4. The van der Waals surface area contributed by atoms with Gasteiger partial charge in [-0.1, -0.05) is 42.4 Å². The molecule has 2 atom stereocenters. The first kappa shape index (κ1) is 23.1. The molecule has 3 aromatic rings. The molecule has 1 amide bonds. The standard InChI is InChI=1S/C26H26N6O2/c1-17(20-10-8-19(14-27)9-11-20)15-29-24(21-6-4-3-5-7-21)26(33)31-23-13-12-22(16-28-23)25-30-18(2)34-32-25/h4,6-13,16-17,24,29H,3,5,15H2,1-2H3,(H,28,31,33). The Morgan fingerprint density at radius 1 is 1.21 bits per heavy atom. The summed E-state index contributed by atoms with van der Waals surface area (Å²) >= 11 is 0. The van der Waals surface area contributed by atoms with E-state index in [2.05, 4.69) is 50.9 Å². The van der Waals surface area contributed by atoms with Gasteiger partial charge >= 0.3 is 0 Å². The Bertz CT molecular complexity index is 1240. The Morgan fingerprint density at radius 2 is 2.03 bits per heavy atom. The van der Waals surface area contributed by atoms with Gasteiger partial charge in [0.2, 0.25) is 17.6 Å². The highest BCUT2D eigenvalue weighted by atomic mass is 16.5. The van der Waals surface area contributed by atoms with Crippen LogP contribution in [-0.4, -0.2) is 33.6 Å². The monoisotopic (exact) mass is 454 g/mol. The van der Waals surface area contributed by atoms with Crippen LogP contribution >= 0.6 is 0 Å². The van der Waals surface area contributed by atoms with E-state index in [0.29, 0.717) is 35.2 Å². The summed E-state index contributed by atoms with van der Waals surface area (Å²) < 4.78 is 5.01. The summed E-state index contributed by atoms with van der Waals surface area (Å²) in [5, 5.41) is 19.2. The maximum absolute atomic E-state index is 13.2. The Labute approximate surface area is 198 Å². The number of rotatable bonds is 8. The van der Waals surface area contributed by atoms with Crippen LogP contribution in [0.25, 0.3) is 11.4 Å². The zero-order valence-electron chi connectivity index (χ0n) is 19.2. The van der Waals surface area contributed by atoms with E-state index in [-0.39, 0.29) is 11.8 Å². The van der Waals surface area contributed by atoms with Gasteiger partial charge in [0, 0.05) is 25.2 Å². The largest absolute Gasteiger partial charge is 0.339 e. The fourth-order valence-corrected chi connectivity index (χ4v) is 3.72. The Kier molecular flexibility index (Phi) is 7.25. The predicted molar refractivity (Wildman–Crippen MR) is 129 cm³/mol. The average Bonchev–Trinajstić information content (AvgIpc) is 3.31. The van der Waals surface area contributed by atoms with Crippen molar-refractivity contribution < 1.29 is 9.32 Å². The van der Waals surface area contributed by atoms with Crippen LogP contribution in [0.1, 0.15) is 42.7 Å². The molecule has 34 heavy (non-hydrogen) atoms. The summed E-state index contributed by atoms with van der Waals surface area (Å²) in [6.07, 6.45) is 9.66. The van der Waals surface area contributed by atoms with Crippen molar-refractivity contribution in [3.63, 3.8) is 0 Å². The summed E-state index contributed by atoms with van der Waals surface area (Å²) in [4.78, 5) is 21.8. The van der Waals surface area contributed by atoms with E-state index >= 15 is 0 Å². The van der Waals surface area contributed by atoms with Gasteiger partial charge in [-0.15, -0.1) is 0 Å². The number of amides is 1. The van der Waals surface area contributed by atoms with Gasteiger partial charge in [0.1, 0.15) is 11.9 Å². The van der Waals surface area contributed by atoms with Crippen molar-refractivity contribution >= 4 is 11.7 Å². The highest BCUT2D eigenvalue weighted by Gasteiger charge is 2.23.